The minimum Gasteiger partial charge on any atom is -0.445 e. The summed E-state index contributed by atoms with van der Waals surface area (Å²) in [6.07, 6.45) is 3.83. The Hall–Kier alpha value is -2.79. The SMILES string of the molecule is C=CCN1CCN(c2ccc3c(c2)[C@H]2C[C@H]3CCN2C(=O)OCc2ccccc2)CC1. The second-order valence-electron chi connectivity index (χ2n) is 8.86. The fraction of sp³-hybridized carbons (Fsp3) is 0.423. The molecule has 0 aromatic heterocycles. The summed E-state index contributed by atoms with van der Waals surface area (Å²) in [5, 5.41) is 0. The molecule has 5 nitrogen and oxygen atoms in total. The second-order valence-corrected chi connectivity index (χ2v) is 8.86. The molecule has 5 heteroatoms. The van der Waals surface area contributed by atoms with Crippen molar-refractivity contribution in [2.75, 3.05) is 44.2 Å². The lowest BCUT2D eigenvalue weighted by Gasteiger charge is -2.36. The van der Waals surface area contributed by atoms with Gasteiger partial charge in [-0.3, -0.25) is 4.90 Å². The Morgan fingerprint density at radius 1 is 1.03 bits per heavy atom. The molecule has 0 spiro atoms. The molecule has 2 aromatic carbocycles. The molecule has 1 aliphatic carbocycles. The first kappa shape index (κ1) is 20.1. The van der Waals surface area contributed by atoms with E-state index in [-0.39, 0.29) is 12.1 Å². The Kier molecular flexibility index (Phi) is 5.68. The molecule has 2 atom stereocenters. The van der Waals surface area contributed by atoms with Gasteiger partial charge >= 0.3 is 6.09 Å². The molecular weight excluding hydrogens is 386 g/mol. The first-order chi connectivity index (χ1) is 15.2. The van der Waals surface area contributed by atoms with Crippen molar-refractivity contribution < 1.29 is 9.53 Å². The summed E-state index contributed by atoms with van der Waals surface area (Å²) in [6.45, 7) is 10.1. The van der Waals surface area contributed by atoms with E-state index < -0.39 is 0 Å². The second kappa shape index (κ2) is 8.75. The van der Waals surface area contributed by atoms with E-state index in [9.17, 15) is 4.79 Å². The van der Waals surface area contributed by atoms with Crippen molar-refractivity contribution in [2.24, 2.45) is 0 Å². The van der Waals surface area contributed by atoms with Crippen LogP contribution in [0.5, 0.6) is 0 Å². The number of ether oxygens (including phenoxy) is 1. The molecule has 162 valence electrons. The maximum atomic E-state index is 12.9. The number of hydrogen-bond acceptors (Lipinski definition) is 4. The lowest BCUT2D eigenvalue weighted by atomic mass is 9.96. The number of amides is 1. The van der Waals surface area contributed by atoms with E-state index in [1.54, 1.807) is 0 Å². The minimum absolute atomic E-state index is 0.138. The molecule has 2 aromatic rings. The molecule has 2 bridgehead atoms. The number of rotatable bonds is 5. The Morgan fingerprint density at radius 3 is 2.61 bits per heavy atom. The van der Waals surface area contributed by atoms with Crippen molar-refractivity contribution >= 4 is 11.8 Å². The molecule has 2 heterocycles. The highest BCUT2D eigenvalue weighted by molar-refractivity contribution is 5.70. The van der Waals surface area contributed by atoms with E-state index in [2.05, 4.69) is 34.6 Å². The molecule has 2 saturated heterocycles. The van der Waals surface area contributed by atoms with Gasteiger partial charge < -0.3 is 14.5 Å². The molecule has 5 rings (SSSR count). The van der Waals surface area contributed by atoms with E-state index in [1.807, 2.05) is 41.3 Å². The van der Waals surface area contributed by atoms with Crippen LogP contribution in [0.4, 0.5) is 10.5 Å². The van der Waals surface area contributed by atoms with Crippen molar-refractivity contribution in [1.29, 1.82) is 0 Å². The largest absolute Gasteiger partial charge is 0.445 e. The van der Waals surface area contributed by atoms with Crippen molar-refractivity contribution in [3.63, 3.8) is 0 Å². The van der Waals surface area contributed by atoms with Crippen LogP contribution in [0.15, 0.2) is 61.2 Å². The van der Waals surface area contributed by atoms with Crippen LogP contribution in [0.3, 0.4) is 0 Å². The fourth-order valence-electron chi connectivity index (χ4n) is 5.35. The number of carbonyl (C=O) groups is 1. The van der Waals surface area contributed by atoms with E-state index in [1.165, 1.54) is 16.8 Å². The smallest absolute Gasteiger partial charge is 0.410 e. The van der Waals surface area contributed by atoms with Gasteiger partial charge in [-0.2, -0.15) is 0 Å². The molecule has 2 aliphatic heterocycles. The van der Waals surface area contributed by atoms with Gasteiger partial charge in [0.2, 0.25) is 0 Å². The van der Waals surface area contributed by atoms with Crippen LogP contribution in [-0.4, -0.2) is 55.2 Å². The van der Waals surface area contributed by atoms with E-state index in [0.29, 0.717) is 12.5 Å². The summed E-state index contributed by atoms with van der Waals surface area (Å²) < 4.78 is 5.68. The predicted octanol–water partition coefficient (Wildman–Crippen LogP) is 4.57. The summed E-state index contributed by atoms with van der Waals surface area (Å²) in [6, 6.07) is 17.0. The Bertz CT molecular complexity index is 937. The van der Waals surface area contributed by atoms with Crippen LogP contribution in [0.2, 0.25) is 0 Å². The number of piperidine rings is 1. The third kappa shape index (κ3) is 4.07. The molecule has 0 N–H and O–H groups in total. The number of benzene rings is 2. The monoisotopic (exact) mass is 417 g/mol. The fourth-order valence-corrected chi connectivity index (χ4v) is 5.35. The van der Waals surface area contributed by atoms with Gasteiger partial charge in [-0.1, -0.05) is 42.5 Å². The first-order valence-electron chi connectivity index (χ1n) is 11.4. The number of anilines is 1. The molecule has 0 radical (unpaired) electrons. The van der Waals surface area contributed by atoms with Gasteiger partial charge in [0.15, 0.2) is 0 Å². The van der Waals surface area contributed by atoms with Gasteiger partial charge in [0, 0.05) is 45.0 Å². The van der Waals surface area contributed by atoms with Crippen molar-refractivity contribution in [2.45, 2.75) is 31.4 Å². The average molecular weight is 418 g/mol. The summed E-state index contributed by atoms with van der Waals surface area (Å²) in [4.78, 5) is 19.8. The molecule has 1 amide bonds. The number of likely N-dealkylation sites (tertiary alicyclic amines) is 1. The highest BCUT2D eigenvalue weighted by Gasteiger charge is 2.41. The highest BCUT2D eigenvalue weighted by Crippen LogP contribution is 2.50. The van der Waals surface area contributed by atoms with Gasteiger partial charge in [-0.25, -0.2) is 4.79 Å². The van der Waals surface area contributed by atoms with Gasteiger partial charge in [0.25, 0.3) is 0 Å². The molecule has 31 heavy (non-hydrogen) atoms. The standard InChI is InChI=1S/C26H31N3O2/c1-2-11-27-13-15-28(16-14-27)22-8-9-23-21-10-12-29(25(17-21)24(23)18-22)26(30)31-19-20-6-4-3-5-7-20/h2-9,18,21,25H,1,10-17,19H2/t21-,25-/m1/s1. The average Bonchev–Trinajstić information content (AvgIpc) is 3.10. The van der Waals surface area contributed by atoms with Gasteiger partial charge in [0.05, 0.1) is 6.04 Å². The highest BCUT2D eigenvalue weighted by atomic mass is 16.6. The van der Waals surface area contributed by atoms with Crippen molar-refractivity contribution in [1.82, 2.24) is 9.80 Å². The molecule has 0 saturated carbocycles. The van der Waals surface area contributed by atoms with Crippen molar-refractivity contribution in [3.8, 4) is 0 Å². The zero-order valence-electron chi connectivity index (χ0n) is 18.1. The van der Waals surface area contributed by atoms with E-state index in [0.717, 1.165) is 57.7 Å². The number of carbonyl (C=O) groups excluding carboxylic acids is 1. The first-order valence-corrected chi connectivity index (χ1v) is 11.4. The summed E-state index contributed by atoms with van der Waals surface area (Å²) in [5.74, 6) is 0.566. The molecule has 0 unspecified atom stereocenters. The third-order valence-electron chi connectivity index (χ3n) is 7.04. The van der Waals surface area contributed by atoms with Crippen LogP contribution in [-0.2, 0) is 11.3 Å². The van der Waals surface area contributed by atoms with E-state index >= 15 is 0 Å². The van der Waals surface area contributed by atoms with Crippen molar-refractivity contribution in [3.05, 3.63) is 77.9 Å². The van der Waals surface area contributed by atoms with Crippen LogP contribution in [0.1, 0.15) is 41.5 Å². The normalized spacial score (nSPS) is 22.8. The van der Waals surface area contributed by atoms with Crippen LogP contribution < -0.4 is 4.90 Å². The van der Waals surface area contributed by atoms with Crippen LogP contribution in [0, 0.1) is 0 Å². The third-order valence-corrected chi connectivity index (χ3v) is 7.04. The molecule has 3 aliphatic rings. The van der Waals surface area contributed by atoms with E-state index in [4.69, 9.17) is 4.74 Å². The summed E-state index contributed by atoms with van der Waals surface area (Å²) >= 11 is 0. The summed E-state index contributed by atoms with van der Waals surface area (Å²) in [7, 11) is 0. The van der Waals surface area contributed by atoms with Gasteiger partial charge in [-0.05, 0) is 47.6 Å². The van der Waals surface area contributed by atoms with Crippen LogP contribution >= 0.6 is 0 Å². The molecule has 2 fully saturated rings. The number of hydrogen-bond donors (Lipinski definition) is 0. The Labute approximate surface area is 184 Å². The number of nitrogens with zero attached hydrogens (tertiary/aromatic N) is 3. The zero-order chi connectivity index (χ0) is 21.2. The lowest BCUT2D eigenvalue weighted by Crippen LogP contribution is -2.46. The maximum Gasteiger partial charge on any atom is 0.410 e. The molecular formula is C26H31N3O2. The van der Waals surface area contributed by atoms with Gasteiger partial charge in [0.1, 0.15) is 6.61 Å². The maximum absolute atomic E-state index is 12.9. The summed E-state index contributed by atoms with van der Waals surface area (Å²) in [5.41, 5.74) is 5.06. The van der Waals surface area contributed by atoms with Gasteiger partial charge in [-0.15, -0.1) is 6.58 Å². The zero-order valence-corrected chi connectivity index (χ0v) is 18.1. The van der Waals surface area contributed by atoms with Crippen LogP contribution in [0.25, 0.3) is 0 Å². The number of fused-ring (bicyclic) bond motifs is 5. The lowest BCUT2D eigenvalue weighted by molar-refractivity contribution is 0.0694. The minimum atomic E-state index is -0.191. The number of piperazine rings is 1. The predicted molar refractivity (Wildman–Crippen MR) is 123 cm³/mol. The quantitative estimate of drug-likeness (QED) is 0.668. The Balaban J connectivity index is 1.29. The Morgan fingerprint density at radius 2 is 1.84 bits per heavy atom. The topological polar surface area (TPSA) is 36.0 Å².